The third kappa shape index (κ3) is 7.85. The molecule has 0 bridgehead atoms. The monoisotopic (exact) mass is 503 g/mol. The smallest absolute Gasteiger partial charge is 0.306 e. The summed E-state index contributed by atoms with van der Waals surface area (Å²) in [5.41, 5.74) is 2.00. The van der Waals surface area contributed by atoms with Gasteiger partial charge in [0.1, 0.15) is 11.9 Å². The number of rotatable bonds is 2. The van der Waals surface area contributed by atoms with Crippen molar-refractivity contribution in [3.63, 3.8) is 0 Å². The number of carbonyl (C=O) groups excluding carboxylic acids is 2. The molecule has 1 aromatic rings. The van der Waals surface area contributed by atoms with Crippen molar-refractivity contribution in [1.82, 2.24) is 4.98 Å². The highest BCUT2D eigenvalue weighted by atomic mass is 32.1. The van der Waals surface area contributed by atoms with Crippen molar-refractivity contribution in [2.45, 2.75) is 100 Å². The Bertz CT molecular complexity index is 944. The maximum absolute atomic E-state index is 13.5. The number of cyclic esters (lactones) is 1. The molecule has 0 spiro atoms. The molecule has 0 saturated heterocycles. The summed E-state index contributed by atoms with van der Waals surface area (Å²) in [4.78, 5) is 31.1. The quantitative estimate of drug-likeness (QED) is 0.355. The van der Waals surface area contributed by atoms with Gasteiger partial charge in [0.05, 0.1) is 16.8 Å². The van der Waals surface area contributed by atoms with Crippen LogP contribution in [0.4, 0.5) is 0 Å². The molecule has 0 aromatic carbocycles. The van der Waals surface area contributed by atoms with Gasteiger partial charge in [-0.2, -0.15) is 0 Å². The summed E-state index contributed by atoms with van der Waals surface area (Å²) in [6.45, 7) is 18.0. The van der Waals surface area contributed by atoms with Crippen molar-refractivity contribution in [2.75, 3.05) is 0 Å². The minimum atomic E-state index is -0.641. The molecule has 196 valence electrons. The van der Waals surface area contributed by atoms with E-state index in [9.17, 15) is 14.7 Å². The first kappa shape index (κ1) is 29.4. The molecule has 1 N–H and O–H groups in total. The Morgan fingerprint density at radius 3 is 2.43 bits per heavy atom. The van der Waals surface area contributed by atoms with E-state index in [1.807, 2.05) is 66.0 Å². The number of ketones is 1. The van der Waals surface area contributed by atoms with Gasteiger partial charge < -0.3 is 9.84 Å². The molecule has 1 aromatic heterocycles. The lowest BCUT2D eigenvalue weighted by Crippen LogP contribution is -2.40. The van der Waals surface area contributed by atoms with Crippen LogP contribution in [0.1, 0.15) is 91.8 Å². The SMILES string of the molecule is C/C1=C/C[C@@H](/C(C)=C/c2csc(C)n2)OC(=O)C[C@H](C)C(C)(C)C(=O)[C@H](C)[C@@H](C)[C@@H](C)CC[C@@H]1O. The van der Waals surface area contributed by atoms with Crippen LogP contribution < -0.4 is 0 Å². The number of hydrogen-bond acceptors (Lipinski definition) is 6. The Labute approximate surface area is 216 Å². The Morgan fingerprint density at radius 2 is 1.83 bits per heavy atom. The molecule has 2 heterocycles. The molecule has 0 fully saturated rings. The average molecular weight is 504 g/mol. The minimum Gasteiger partial charge on any atom is -0.457 e. The van der Waals surface area contributed by atoms with Crippen LogP contribution in [0.15, 0.2) is 22.6 Å². The Morgan fingerprint density at radius 1 is 1.17 bits per heavy atom. The fraction of sp³-hybridized carbons (Fsp3) is 0.690. The number of carbonyl (C=O) groups is 2. The van der Waals surface area contributed by atoms with Crippen molar-refractivity contribution in [1.29, 1.82) is 0 Å². The van der Waals surface area contributed by atoms with Gasteiger partial charge in [-0.25, -0.2) is 4.98 Å². The van der Waals surface area contributed by atoms with E-state index < -0.39 is 17.6 Å². The molecular weight excluding hydrogens is 458 g/mol. The number of nitrogens with zero attached hydrogens (tertiary/aromatic N) is 1. The van der Waals surface area contributed by atoms with Crippen molar-refractivity contribution in [2.24, 2.45) is 29.1 Å². The first-order chi connectivity index (χ1) is 16.2. The second-order valence-electron chi connectivity index (χ2n) is 11.3. The largest absolute Gasteiger partial charge is 0.457 e. The lowest BCUT2D eigenvalue weighted by Gasteiger charge is -2.36. The fourth-order valence-electron chi connectivity index (χ4n) is 4.71. The standard InChI is InChI=1S/C29H45NO4S/c1-17-10-12-25(31)18(2)11-13-26(19(3)14-24-16-35-23(7)30-24)34-27(32)15-20(4)29(8,9)28(33)22(6)21(17)5/h11,14,16-17,20-22,25-26,31H,10,12-13,15H2,1-9H3/b18-11-,19-14+/t17-,20-,21-,22+,25-,26-/m0/s1. The van der Waals surface area contributed by atoms with E-state index in [4.69, 9.17) is 4.74 Å². The first-order valence-electron chi connectivity index (χ1n) is 12.9. The van der Waals surface area contributed by atoms with Crippen LogP contribution in [0, 0.1) is 36.0 Å². The number of hydrogen-bond donors (Lipinski definition) is 1. The van der Waals surface area contributed by atoms with Crippen LogP contribution >= 0.6 is 11.3 Å². The van der Waals surface area contributed by atoms with Gasteiger partial charge in [-0.3, -0.25) is 9.59 Å². The number of esters is 1. The van der Waals surface area contributed by atoms with Crippen molar-refractivity contribution in [3.05, 3.63) is 33.3 Å². The average Bonchev–Trinajstić information content (AvgIpc) is 3.21. The predicted octanol–water partition coefficient (Wildman–Crippen LogP) is 6.79. The highest BCUT2D eigenvalue weighted by Gasteiger charge is 2.40. The third-order valence-electron chi connectivity index (χ3n) is 8.31. The molecule has 0 unspecified atom stereocenters. The number of aromatic nitrogens is 1. The van der Waals surface area contributed by atoms with Gasteiger partial charge in [-0.15, -0.1) is 11.3 Å². The summed E-state index contributed by atoms with van der Waals surface area (Å²) >= 11 is 1.58. The number of Topliss-reactive ketones (excluding diaryl/α,β-unsaturated/α-hetero) is 1. The summed E-state index contributed by atoms with van der Waals surface area (Å²) in [7, 11) is 0. The predicted molar refractivity (Wildman–Crippen MR) is 144 cm³/mol. The molecule has 2 rings (SSSR count). The van der Waals surface area contributed by atoms with Crippen LogP contribution in [0.3, 0.4) is 0 Å². The summed E-state index contributed by atoms with van der Waals surface area (Å²) in [5.74, 6) is 0.104. The summed E-state index contributed by atoms with van der Waals surface area (Å²) in [5, 5.41) is 13.7. The third-order valence-corrected chi connectivity index (χ3v) is 9.10. The molecule has 0 amide bonds. The van der Waals surface area contributed by atoms with Crippen molar-refractivity contribution >= 4 is 29.2 Å². The maximum atomic E-state index is 13.5. The number of thiazole rings is 1. The number of aliphatic hydroxyl groups is 1. The molecule has 1 aliphatic rings. The normalized spacial score (nSPS) is 33.7. The van der Waals surface area contributed by atoms with Crippen LogP contribution in [0.5, 0.6) is 0 Å². The van der Waals surface area contributed by atoms with Crippen molar-refractivity contribution < 1.29 is 19.4 Å². The zero-order valence-electron chi connectivity index (χ0n) is 23.1. The van der Waals surface area contributed by atoms with Crippen LogP contribution in [0.2, 0.25) is 0 Å². The van der Waals surface area contributed by atoms with Gasteiger partial charge >= 0.3 is 5.97 Å². The molecule has 0 saturated carbocycles. The Kier molecular flexibility index (Phi) is 10.5. The minimum absolute atomic E-state index is 0.125. The topological polar surface area (TPSA) is 76.5 Å². The van der Waals surface area contributed by atoms with E-state index in [1.165, 1.54) is 0 Å². The van der Waals surface area contributed by atoms with Crippen LogP contribution in [-0.2, 0) is 14.3 Å². The Hall–Kier alpha value is -1.79. The van der Waals surface area contributed by atoms with Gasteiger partial charge in [0.25, 0.3) is 0 Å². The molecule has 0 radical (unpaired) electrons. The second-order valence-corrected chi connectivity index (χ2v) is 12.3. The summed E-state index contributed by atoms with van der Waals surface area (Å²) in [6, 6.07) is 0. The molecule has 6 atom stereocenters. The van der Waals surface area contributed by atoms with Crippen molar-refractivity contribution in [3.8, 4) is 0 Å². The number of ether oxygens (including phenoxy) is 1. The van der Waals surface area contributed by atoms with E-state index in [0.717, 1.165) is 28.3 Å². The van der Waals surface area contributed by atoms with Crippen LogP contribution in [0.25, 0.3) is 6.08 Å². The van der Waals surface area contributed by atoms with Gasteiger partial charge in [0.15, 0.2) is 0 Å². The fourth-order valence-corrected chi connectivity index (χ4v) is 5.28. The zero-order chi connectivity index (χ0) is 26.5. The first-order valence-corrected chi connectivity index (χ1v) is 13.8. The van der Waals surface area contributed by atoms with E-state index in [-0.39, 0.29) is 35.9 Å². The molecule has 5 nitrogen and oxygen atoms in total. The highest BCUT2D eigenvalue weighted by Crippen LogP contribution is 2.38. The zero-order valence-corrected chi connectivity index (χ0v) is 23.9. The molecule has 1 aliphatic heterocycles. The van der Waals surface area contributed by atoms with E-state index in [0.29, 0.717) is 18.8 Å². The summed E-state index contributed by atoms with van der Waals surface area (Å²) < 4.78 is 5.97. The molecule has 0 aliphatic carbocycles. The van der Waals surface area contributed by atoms with E-state index in [1.54, 1.807) is 11.3 Å². The lowest BCUT2D eigenvalue weighted by molar-refractivity contribution is -0.150. The number of aryl methyl sites for hydroxylation is 1. The van der Waals surface area contributed by atoms with Gasteiger partial charge in [0.2, 0.25) is 0 Å². The van der Waals surface area contributed by atoms with E-state index in [2.05, 4.69) is 18.8 Å². The summed E-state index contributed by atoms with van der Waals surface area (Å²) in [6.07, 6.45) is 5.10. The maximum Gasteiger partial charge on any atom is 0.306 e. The van der Waals surface area contributed by atoms with Gasteiger partial charge in [-0.05, 0) is 68.6 Å². The second kappa shape index (κ2) is 12.4. The van der Waals surface area contributed by atoms with Crippen LogP contribution in [-0.4, -0.2) is 34.1 Å². The Balaban J connectivity index is 2.38. The molecule has 6 heteroatoms. The molecule has 35 heavy (non-hydrogen) atoms. The highest BCUT2D eigenvalue weighted by molar-refractivity contribution is 7.09. The van der Waals surface area contributed by atoms with E-state index >= 15 is 0 Å². The van der Waals surface area contributed by atoms with Gasteiger partial charge in [0, 0.05) is 29.6 Å². The lowest BCUT2D eigenvalue weighted by atomic mass is 9.67. The number of aliphatic hydroxyl groups excluding tert-OH is 1. The van der Waals surface area contributed by atoms with Gasteiger partial charge in [-0.1, -0.05) is 47.6 Å². The molecular formula is C29H45NO4S.